The van der Waals surface area contributed by atoms with Crippen LogP contribution in [0.1, 0.15) is 62.1 Å². The molecule has 0 radical (unpaired) electrons. The summed E-state index contributed by atoms with van der Waals surface area (Å²) in [6.07, 6.45) is 9.87. The van der Waals surface area contributed by atoms with Crippen molar-refractivity contribution in [3.05, 3.63) is 35.4 Å². The summed E-state index contributed by atoms with van der Waals surface area (Å²) in [4.78, 5) is 17.9. The lowest BCUT2D eigenvalue weighted by atomic mass is 9.80. The van der Waals surface area contributed by atoms with Gasteiger partial charge in [-0.3, -0.25) is 4.79 Å². The molecule has 162 valence electrons. The Bertz CT molecular complexity index is 830. The number of aliphatic hydroxyl groups is 1. The van der Waals surface area contributed by atoms with E-state index < -0.39 is 0 Å². The van der Waals surface area contributed by atoms with Crippen molar-refractivity contribution in [3.8, 4) is 0 Å². The van der Waals surface area contributed by atoms with Crippen molar-refractivity contribution in [2.45, 2.75) is 57.0 Å². The first kappa shape index (κ1) is 20.1. The van der Waals surface area contributed by atoms with Gasteiger partial charge >= 0.3 is 0 Å². The molecule has 0 aromatic heterocycles. The average Bonchev–Trinajstić information content (AvgIpc) is 3.25. The molecule has 5 rings (SSSR count). The van der Waals surface area contributed by atoms with E-state index in [1.165, 1.54) is 41.6 Å². The van der Waals surface area contributed by atoms with Gasteiger partial charge in [-0.2, -0.15) is 0 Å². The number of likely N-dealkylation sites (tertiary alicyclic amines) is 1. The molecule has 2 saturated heterocycles. The van der Waals surface area contributed by atoms with E-state index in [9.17, 15) is 9.90 Å². The number of benzene rings is 1. The average molecular weight is 411 g/mol. The van der Waals surface area contributed by atoms with Crippen LogP contribution < -0.4 is 4.90 Å². The Hall–Kier alpha value is -1.85. The minimum absolute atomic E-state index is 0.0646. The molecule has 0 bridgehead atoms. The molecule has 3 aliphatic heterocycles. The summed E-state index contributed by atoms with van der Waals surface area (Å²) < 4.78 is 5.49. The molecular weight excluding hydrogens is 376 g/mol. The van der Waals surface area contributed by atoms with Crippen molar-refractivity contribution in [1.29, 1.82) is 0 Å². The Morgan fingerprint density at radius 3 is 2.77 bits per heavy atom. The topological polar surface area (TPSA) is 53.0 Å². The first-order valence-electron chi connectivity index (χ1n) is 11.7. The summed E-state index contributed by atoms with van der Waals surface area (Å²) >= 11 is 0. The highest BCUT2D eigenvalue weighted by Gasteiger charge is 2.48. The Morgan fingerprint density at radius 2 is 2.03 bits per heavy atom. The lowest BCUT2D eigenvalue weighted by Gasteiger charge is -2.45. The third-order valence-corrected chi connectivity index (χ3v) is 7.86. The van der Waals surface area contributed by atoms with Crippen LogP contribution in [0.15, 0.2) is 24.3 Å². The first-order chi connectivity index (χ1) is 14.7. The molecule has 1 aromatic rings. The highest BCUT2D eigenvalue weighted by molar-refractivity contribution is 5.81. The minimum atomic E-state index is 0.0646. The van der Waals surface area contributed by atoms with Gasteiger partial charge in [-0.15, -0.1) is 0 Å². The zero-order valence-electron chi connectivity index (χ0n) is 18.1. The molecule has 1 N–H and O–H groups in total. The summed E-state index contributed by atoms with van der Waals surface area (Å²) in [6, 6.07) is 6.95. The number of fused-ring (bicyclic) bond motifs is 3. The van der Waals surface area contributed by atoms with Crippen LogP contribution in [0.25, 0.3) is 5.57 Å². The number of aliphatic hydroxyl groups excluding tert-OH is 1. The van der Waals surface area contributed by atoms with Gasteiger partial charge in [0.1, 0.15) is 0 Å². The summed E-state index contributed by atoms with van der Waals surface area (Å²) in [5.74, 6) is 0.657. The summed E-state index contributed by atoms with van der Waals surface area (Å²) in [5, 5.41) is 10.2. The predicted octanol–water partition coefficient (Wildman–Crippen LogP) is 3.77. The number of likely N-dealkylation sites (N-methyl/N-ethyl adjacent to an activating group) is 1. The fourth-order valence-electron chi connectivity index (χ4n) is 6.18. The molecule has 3 heterocycles. The van der Waals surface area contributed by atoms with Gasteiger partial charge in [0.2, 0.25) is 5.91 Å². The number of ether oxygens (including phenoxy) is 1. The molecule has 0 unspecified atom stereocenters. The van der Waals surface area contributed by atoms with Crippen molar-refractivity contribution in [3.63, 3.8) is 0 Å². The van der Waals surface area contributed by atoms with Gasteiger partial charge in [-0.1, -0.05) is 12.1 Å². The zero-order valence-corrected chi connectivity index (χ0v) is 18.1. The molecule has 2 fully saturated rings. The molecule has 1 aromatic carbocycles. The number of nitrogens with zero attached hydrogens (tertiary/aromatic N) is 2. The SMILES string of the molecule is CN1c2ccc(C3=CCCCC3)cc2[C@@H]2[C@@H](CCN2C(=O)C2CCOCC2)[C@H]1CO. The molecule has 5 heteroatoms. The van der Waals surface area contributed by atoms with E-state index in [0.717, 1.165) is 32.2 Å². The van der Waals surface area contributed by atoms with Crippen molar-refractivity contribution in [2.75, 3.05) is 38.3 Å². The molecule has 1 amide bonds. The molecular formula is C25H34N2O3. The Kier molecular flexibility index (Phi) is 5.59. The number of allylic oxidation sites excluding steroid dienone is 2. The second-order valence-electron chi connectivity index (χ2n) is 9.43. The van der Waals surface area contributed by atoms with Gasteiger partial charge in [0, 0.05) is 44.3 Å². The number of hydrogen-bond acceptors (Lipinski definition) is 4. The lowest BCUT2D eigenvalue weighted by molar-refractivity contribution is -0.140. The van der Waals surface area contributed by atoms with Crippen molar-refractivity contribution in [1.82, 2.24) is 4.90 Å². The van der Waals surface area contributed by atoms with Crippen LogP contribution in [0.5, 0.6) is 0 Å². The molecule has 0 saturated carbocycles. The molecule has 1 aliphatic carbocycles. The number of amides is 1. The van der Waals surface area contributed by atoms with E-state index in [0.29, 0.717) is 19.1 Å². The van der Waals surface area contributed by atoms with Crippen LogP contribution >= 0.6 is 0 Å². The normalized spacial score (nSPS) is 29.4. The predicted molar refractivity (Wildman–Crippen MR) is 118 cm³/mol. The van der Waals surface area contributed by atoms with E-state index in [1.807, 2.05) is 0 Å². The highest BCUT2D eigenvalue weighted by atomic mass is 16.5. The standard InChI is InChI=1S/C25H34N2O3/c1-26-22-8-7-19(17-5-3-2-4-6-17)15-21(22)24-20(23(26)16-28)9-12-27(24)25(29)18-10-13-30-14-11-18/h5,7-8,15,18,20,23-24,28H,2-4,6,9-14,16H2,1H3/t20-,23+,24-/m0/s1. The van der Waals surface area contributed by atoms with Gasteiger partial charge < -0.3 is 19.6 Å². The first-order valence-corrected chi connectivity index (χ1v) is 11.7. The lowest BCUT2D eigenvalue weighted by Crippen LogP contribution is -2.49. The van der Waals surface area contributed by atoms with Crippen molar-refractivity contribution >= 4 is 17.2 Å². The minimum Gasteiger partial charge on any atom is -0.394 e. The van der Waals surface area contributed by atoms with Crippen LogP contribution in [0.4, 0.5) is 5.69 Å². The molecule has 0 spiro atoms. The van der Waals surface area contributed by atoms with Crippen LogP contribution in [-0.4, -0.2) is 55.4 Å². The van der Waals surface area contributed by atoms with Crippen molar-refractivity contribution < 1.29 is 14.6 Å². The summed E-state index contributed by atoms with van der Waals surface area (Å²) in [5.41, 5.74) is 5.21. The molecule has 30 heavy (non-hydrogen) atoms. The fourth-order valence-corrected chi connectivity index (χ4v) is 6.18. The largest absolute Gasteiger partial charge is 0.394 e. The van der Waals surface area contributed by atoms with Gasteiger partial charge in [-0.05, 0) is 73.8 Å². The Labute approximate surface area is 179 Å². The number of anilines is 1. The monoisotopic (exact) mass is 410 g/mol. The maximum absolute atomic E-state index is 13.5. The second-order valence-corrected chi connectivity index (χ2v) is 9.43. The molecule has 5 nitrogen and oxygen atoms in total. The van der Waals surface area contributed by atoms with Gasteiger partial charge in [0.15, 0.2) is 0 Å². The maximum atomic E-state index is 13.5. The van der Waals surface area contributed by atoms with E-state index in [4.69, 9.17) is 4.74 Å². The third kappa shape index (κ3) is 3.36. The number of carbonyl (C=O) groups is 1. The second kappa shape index (κ2) is 8.35. The Balaban J connectivity index is 1.53. The molecule has 3 atom stereocenters. The maximum Gasteiger partial charge on any atom is 0.226 e. The van der Waals surface area contributed by atoms with E-state index >= 15 is 0 Å². The van der Waals surface area contributed by atoms with Gasteiger partial charge in [-0.25, -0.2) is 0 Å². The van der Waals surface area contributed by atoms with Crippen LogP contribution in [-0.2, 0) is 9.53 Å². The number of carbonyl (C=O) groups excluding carboxylic acids is 1. The summed E-state index contributed by atoms with van der Waals surface area (Å²) in [7, 11) is 2.10. The Morgan fingerprint density at radius 1 is 1.20 bits per heavy atom. The molecule has 4 aliphatic rings. The van der Waals surface area contributed by atoms with E-state index in [1.54, 1.807) is 0 Å². The third-order valence-electron chi connectivity index (χ3n) is 7.86. The van der Waals surface area contributed by atoms with Crippen molar-refractivity contribution in [2.24, 2.45) is 11.8 Å². The van der Waals surface area contributed by atoms with Gasteiger partial charge in [0.25, 0.3) is 0 Å². The number of hydrogen-bond donors (Lipinski definition) is 1. The number of rotatable bonds is 3. The van der Waals surface area contributed by atoms with Gasteiger partial charge in [0.05, 0.1) is 18.7 Å². The fraction of sp³-hybridized carbons (Fsp3) is 0.640. The smallest absolute Gasteiger partial charge is 0.226 e. The van der Waals surface area contributed by atoms with Crippen LogP contribution in [0.2, 0.25) is 0 Å². The van der Waals surface area contributed by atoms with Crippen LogP contribution in [0, 0.1) is 11.8 Å². The highest BCUT2D eigenvalue weighted by Crippen LogP contribution is 2.50. The zero-order chi connectivity index (χ0) is 20.7. The summed E-state index contributed by atoms with van der Waals surface area (Å²) in [6.45, 7) is 2.30. The van der Waals surface area contributed by atoms with E-state index in [2.05, 4.69) is 41.1 Å². The van der Waals surface area contributed by atoms with E-state index in [-0.39, 0.29) is 30.5 Å². The quantitative estimate of drug-likeness (QED) is 0.824. The van der Waals surface area contributed by atoms with Crippen LogP contribution in [0.3, 0.4) is 0 Å².